The Hall–Kier alpha value is -0.910. The molecule has 0 radical (unpaired) electrons. The van der Waals surface area contributed by atoms with E-state index in [-0.39, 0.29) is 18.4 Å². The fourth-order valence-corrected chi connectivity index (χ4v) is 1.81. The van der Waals surface area contributed by atoms with E-state index < -0.39 is 6.10 Å². The van der Waals surface area contributed by atoms with Gasteiger partial charge >= 0.3 is 5.97 Å². The van der Waals surface area contributed by atoms with Crippen molar-refractivity contribution < 1.29 is 24.1 Å². The average molecular weight is 258 g/mol. The topological polar surface area (TPSA) is 65.0 Å². The molecular formula is C13H22O5. The zero-order valence-corrected chi connectivity index (χ0v) is 11.2. The first-order chi connectivity index (χ1) is 8.52. The Morgan fingerprint density at radius 3 is 2.94 bits per heavy atom. The molecule has 0 saturated carbocycles. The molecule has 0 aliphatic carbocycles. The molecule has 0 aromatic rings. The molecule has 104 valence electrons. The number of rotatable bonds is 5. The molecular weight excluding hydrogens is 236 g/mol. The van der Waals surface area contributed by atoms with Gasteiger partial charge in [-0.25, -0.2) is 4.79 Å². The maximum absolute atomic E-state index is 11.2. The molecule has 18 heavy (non-hydrogen) atoms. The monoisotopic (exact) mass is 258 g/mol. The maximum atomic E-state index is 11.2. The van der Waals surface area contributed by atoms with Crippen LogP contribution in [0.15, 0.2) is 11.6 Å². The molecule has 1 heterocycles. The summed E-state index contributed by atoms with van der Waals surface area (Å²) in [7, 11) is 0. The normalized spacial score (nSPS) is 29.1. The van der Waals surface area contributed by atoms with Crippen LogP contribution in [0.2, 0.25) is 0 Å². The van der Waals surface area contributed by atoms with Crippen LogP contribution in [0, 0.1) is 0 Å². The number of carbonyl (C=O) groups excluding carboxylic acids is 1. The van der Waals surface area contributed by atoms with Gasteiger partial charge in [0, 0.05) is 6.08 Å². The highest BCUT2D eigenvalue weighted by Crippen LogP contribution is 2.19. The van der Waals surface area contributed by atoms with Crippen LogP contribution >= 0.6 is 0 Å². The van der Waals surface area contributed by atoms with Crippen molar-refractivity contribution in [1.29, 1.82) is 0 Å². The molecule has 0 spiro atoms. The van der Waals surface area contributed by atoms with Crippen LogP contribution in [0.4, 0.5) is 0 Å². The second-order valence-electron chi connectivity index (χ2n) is 4.42. The average Bonchev–Trinajstić information content (AvgIpc) is 2.30. The fraction of sp³-hybridized carbons (Fsp3) is 0.769. The van der Waals surface area contributed by atoms with E-state index >= 15 is 0 Å². The first kappa shape index (κ1) is 15.1. The zero-order chi connectivity index (χ0) is 13.5. The predicted octanol–water partition coefficient (Wildman–Crippen LogP) is 1.40. The standard InChI is InChI=1S/C13H22O5/c1-4-16-13(15)7-9(2)5-6-12-11(14)8-17-10(3)18-12/h7,10-12,14H,4-6,8H2,1-3H3/b9-7+/t10-,11-,12+/m1/s1. The van der Waals surface area contributed by atoms with Gasteiger partial charge in [-0.1, -0.05) is 5.57 Å². The van der Waals surface area contributed by atoms with Crippen LogP contribution in [0.25, 0.3) is 0 Å². The quantitative estimate of drug-likeness (QED) is 0.596. The molecule has 1 aliphatic rings. The van der Waals surface area contributed by atoms with Crippen molar-refractivity contribution in [2.45, 2.75) is 52.1 Å². The molecule has 0 aromatic heterocycles. The van der Waals surface area contributed by atoms with Crippen molar-refractivity contribution in [1.82, 2.24) is 0 Å². The molecule has 0 unspecified atom stereocenters. The first-order valence-electron chi connectivity index (χ1n) is 6.32. The molecule has 0 aromatic carbocycles. The summed E-state index contributed by atoms with van der Waals surface area (Å²) >= 11 is 0. The lowest BCUT2D eigenvalue weighted by atomic mass is 10.0. The van der Waals surface area contributed by atoms with Crippen LogP contribution < -0.4 is 0 Å². The van der Waals surface area contributed by atoms with Crippen LogP contribution in [0.3, 0.4) is 0 Å². The van der Waals surface area contributed by atoms with E-state index in [1.165, 1.54) is 6.08 Å². The molecule has 0 bridgehead atoms. The number of esters is 1. The van der Waals surface area contributed by atoms with Gasteiger partial charge in [-0.15, -0.1) is 0 Å². The summed E-state index contributed by atoms with van der Waals surface area (Å²) in [6.07, 6.45) is 1.71. The fourth-order valence-electron chi connectivity index (χ4n) is 1.81. The smallest absolute Gasteiger partial charge is 0.330 e. The van der Waals surface area contributed by atoms with Gasteiger partial charge in [-0.3, -0.25) is 0 Å². The van der Waals surface area contributed by atoms with Crippen molar-refractivity contribution in [3.05, 3.63) is 11.6 Å². The van der Waals surface area contributed by atoms with Gasteiger partial charge in [0.25, 0.3) is 0 Å². The lowest BCUT2D eigenvalue weighted by Gasteiger charge is -2.32. The summed E-state index contributed by atoms with van der Waals surface area (Å²) in [5, 5.41) is 9.70. The van der Waals surface area contributed by atoms with Gasteiger partial charge in [-0.2, -0.15) is 0 Å². The van der Waals surface area contributed by atoms with E-state index in [4.69, 9.17) is 14.2 Å². The summed E-state index contributed by atoms with van der Waals surface area (Å²) in [4.78, 5) is 11.2. The maximum Gasteiger partial charge on any atom is 0.330 e. The Morgan fingerprint density at radius 2 is 2.28 bits per heavy atom. The van der Waals surface area contributed by atoms with E-state index in [1.54, 1.807) is 13.8 Å². The molecule has 0 amide bonds. The third-order valence-electron chi connectivity index (χ3n) is 2.77. The first-order valence-corrected chi connectivity index (χ1v) is 6.32. The van der Waals surface area contributed by atoms with E-state index in [0.717, 1.165) is 5.57 Å². The predicted molar refractivity (Wildman–Crippen MR) is 65.9 cm³/mol. The minimum atomic E-state index is -0.600. The number of aliphatic hydroxyl groups is 1. The molecule has 1 N–H and O–H groups in total. The number of ether oxygens (including phenoxy) is 3. The van der Waals surface area contributed by atoms with Crippen LogP contribution in [-0.2, 0) is 19.0 Å². The molecule has 1 saturated heterocycles. The second-order valence-corrected chi connectivity index (χ2v) is 4.42. The van der Waals surface area contributed by atoms with Crippen LogP contribution in [0.5, 0.6) is 0 Å². The lowest BCUT2D eigenvalue weighted by Crippen LogP contribution is -2.42. The van der Waals surface area contributed by atoms with Gasteiger partial charge in [0.05, 0.1) is 19.3 Å². The van der Waals surface area contributed by atoms with Crippen LogP contribution in [0.1, 0.15) is 33.6 Å². The summed E-state index contributed by atoms with van der Waals surface area (Å²) in [5.41, 5.74) is 0.920. The highest BCUT2D eigenvalue weighted by molar-refractivity contribution is 5.82. The molecule has 1 aliphatic heterocycles. The summed E-state index contributed by atoms with van der Waals surface area (Å²) < 4.78 is 15.5. The highest BCUT2D eigenvalue weighted by atomic mass is 16.7. The Morgan fingerprint density at radius 1 is 1.56 bits per heavy atom. The summed E-state index contributed by atoms with van der Waals surface area (Å²) in [6, 6.07) is 0. The van der Waals surface area contributed by atoms with E-state index in [9.17, 15) is 9.90 Å². The highest BCUT2D eigenvalue weighted by Gasteiger charge is 2.27. The van der Waals surface area contributed by atoms with Crippen LogP contribution in [-0.4, -0.2) is 42.8 Å². The third kappa shape index (κ3) is 5.16. The Labute approximate surface area is 108 Å². The SMILES string of the molecule is CCOC(=O)/C=C(\C)CC[C@@H]1O[C@H](C)OC[C@H]1O. The molecule has 1 rings (SSSR count). The number of carbonyl (C=O) groups is 1. The summed E-state index contributed by atoms with van der Waals surface area (Å²) in [5.74, 6) is -0.322. The number of hydrogen-bond acceptors (Lipinski definition) is 5. The van der Waals surface area contributed by atoms with Crippen molar-refractivity contribution in [2.75, 3.05) is 13.2 Å². The van der Waals surface area contributed by atoms with Gasteiger partial charge in [0.15, 0.2) is 6.29 Å². The number of aliphatic hydroxyl groups excluding tert-OH is 1. The Balaban J connectivity index is 2.37. The van der Waals surface area contributed by atoms with E-state index in [2.05, 4.69) is 0 Å². The van der Waals surface area contributed by atoms with Gasteiger partial charge in [0.2, 0.25) is 0 Å². The van der Waals surface area contributed by atoms with E-state index in [0.29, 0.717) is 26.1 Å². The zero-order valence-electron chi connectivity index (χ0n) is 11.2. The molecule has 1 fully saturated rings. The van der Waals surface area contributed by atoms with Crippen molar-refractivity contribution in [3.8, 4) is 0 Å². The summed E-state index contributed by atoms with van der Waals surface area (Å²) in [6.45, 7) is 6.12. The largest absolute Gasteiger partial charge is 0.463 e. The van der Waals surface area contributed by atoms with Gasteiger partial charge < -0.3 is 19.3 Å². The molecule has 5 nitrogen and oxygen atoms in total. The number of hydrogen-bond donors (Lipinski definition) is 1. The molecule has 3 atom stereocenters. The number of allylic oxidation sites excluding steroid dienone is 1. The lowest BCUT2D eigenvalue weighted by molar-refractivity contribution is -0.245. The van der Waals surface area contributed by atoms with E-state index in [1.807, 2.05) is 6.92 Å². The van der Waals surface area contributed by atoms with Crippen molar-refractivity contribution in [2.24, 2.45) is 0 Å². The van der Waals surface area contributed by atoms with Crippen molar-refractivity contribution in [3.63, 3.8) is 0 Å². The minimum Gasteiger partial charge on any atom is -0.463 e. The molecule has 5 heteroatoms. The Kier molecular flexibility index (Phi) is 6.32. The third-order valence-corrected chi connectivity index (χ3v) is 2.77. The van der Waals surface area contributed by atoms with Gasteiger partial charge in [0.1, 0.15) is 6.10 Å². The minimum absolute atomic E-state index is 0.237. The van der Waals surface area contributed by atoms with Crippen molar-refractivity contribution >= 4 is 5.97 Å². The Bertz CT molecular complexity index is 300. The second kappa shape index (κ2) is 7.51. The van der Waals surface area contributed by atoms with Gasteiger partial charge in [-0.05, 0) is 33.6 Å².